The molecule has 3 aromatic rings. The Balaban J connectivity index is 1.93. The lowest BCUT2D eigenvalue weighted by molar-refractivity contribution is 0.0983. The zero-order valence-electron chi connectivity index (χ0n) is 15.2. The molecule has 1 atom stereocenters. The second kappa shape index (κ2) is 7.44. The number of hydrogen-bond donors (Lipinski definition) is 1. The fourth-order valence-corrected chi connectivity index (χ4v) is 3.31. The number of carbonyl (C=O) groups excluding carboxylic acids is 1. The molecule has 1 aromatic heterocycles. The van der Waals surface area contributed by atoms with Gasteiger partial charge in [-0.05, 0) is 25.1 Å². The van der Waals surface area contributed by atoms with Crippen LogP contribution in [0.15, 0.2) is 89.3 Å². The third-order valence-corrected chi connectivity index (χ3v) is 4.68. The van der Waals surface area contributed by atoms with Gasteiger partial charge in [0.2, 0.25) is 0 Å². The molecule has 6 heteroatoms. The number of anilines is 1. The highest BCUT2D eigenvalue weighted by molar-refractivity contribution is 6.25. The molecule has 1 aliphatic rings. The molecule has 1 N–H and O–H groups in total. The van der Waals surface area contributed by atoms with E-state index in [1.54, 1.807) is 30.2 Å². The molecule has 1 amide bonds. The predicted molar refractivity (Wildman–Crippen MR) is 108 cm³/mol. The number of oxime groups is 1. The van der Waals surface area contributed by atoms with Crippen LogP contribution in [-0.2, 0) is 0 Å². The molecule has 1 unspecified atom stereocenters. The van der Waals surface area contributed by atoms with Crippen LogP contribution in [0.5, 0.6) is 0 Å². The normalized spacial score (nSPS) is 17.6. The highest BCUT2D eigenvalue weighted by Crippen LogP contribution is 2.30. The Bertz CT molecular complexity index is 1060. The molecule has 28 heavy (non-hydrogen) atoms. The summed E-state index contributed by atoms with van der Waals surface area (Å²) in [4.78, 5) is 23.6. The average molecular weight is 370 g/mol. The van der Waals surface area contributed by atoms with Gasteiger partial charge in [-0.1, -0.05) is 53.7 Å². The van der Waals surface area contributed by atoms with Crippen molar-refractivity contribution in [1.82, 2.24) is 4.98 Å². The first kappa shape index (κ1) is 17.6. The van der Waals surface area contributed by atoms with E-state index < -0.39 is 6.04 Å². The Labute approximate surface area is 162 Å². The molecule has 0 spiro atoms. The van der Waals surface area contributed by atoms with Gasteiger partial charge in [0.25, 0.3) is 5.91 Å². The van der Waals surface area contributed by atoms with Crippen LogP contribution in [0.4, 0.5) is 5.69 Å². The van der Waals surface area contributed by atoms with Gasteiger partial charge < -0.3 is 5.21 Å². The molecule has 2 aromatic carbocycles. The highest BCUT2D eigenvalue weighted by Gasteiger charge is 2.33. The van der Waals surface area contributed by atoms with Crippen molar-refractivity contribution in [3.63, 3.8) is 0 Å². The van der Waals surface area contributed by atoms with E-state index in [0.717, 1.165) is 11.1 Å². The van der Waals surface area contributed by atoms with Crippen LogP contribution in [0.2, 0.25) is 0 Å². The minimum absolute atomic E-state index is 0.160. The van der Waals surface area contributed by atoms with Crippen molar-refractivity contribution in [2.24, 2.45) is 10.1 Å². The standard InChI is InChI=1S/C22H18N4O2/c1-15-21(25-28)24-20(16-8-3-2-4-9-16)18-11-5-6-12-19(18)26(15)22(27)17-10-7-13-23-14-17/h2-15,28H,1H3. The van der Waals surface area contributed by atoms with Crippen molar-refractivity contribution in [3.05, 3.63) is 95.8 Å². The minimum Gasteiger partial charge on any atom is -0.409 e. The van der Waals surface area contributed by atoms with E-state index in [1.165, 1.54) is 6.20 Å². The summed E-state index contributed by atoms with van der Waals surface area (Å²) in [6.45, 7) is 1.79. The number of amides is 1. The number of fused-ring (bicyclic) bond motifs is 1. The van der Waals surface area contributed by atoms with E-state index in [9.17, 15) is 10.0 Å². The van der Waals surface area contributed by atoms with Crippen molar-refractivity contribution in [2.75, 3.05) is 4.90 Å². The van der Waals surface area contributed by atoms with Gasteiger partial charge in [-0.15, -0.1) is 0 Å². The van der Waals surface area contributed by atoms with Gasteiger partial charge in [0.15, 0.2) is 5.84 Å². The van der Waals surface area contributed by atoms with Gasteiger partial charge >= 0.3 is 0 Å². The fourth-order valence-electron chi connectivity index (χ4n) is 3.31. The second-order valence-electron chi connectivity index (χ2n) is 6.39. The number of rotatable bonds is 2. The van der Waals surface area contributed by atoms with Crippen LogP contribution in [0.1, 0.15) is 28.4 Å². The molecule has 0 bridgehead atoms. The van der Waals surface area contributed by atoms with Crippen molar-refractivity contribution >= 4 is 23.1 Å². The Morgan fingerprint density at radius 2 is 1.79 bits per heavy atom. The topological polar surface area (TPSA) is 78.2 Å². The molecule has 0 radical (unpaired) electrons. The highest BCUT2D eigenvalue weighted by atomic mass is 16.4. The van der Waals surface area contributed by atoms with Gasteiger partial charge in [0, 0.05) is 23.5 Å². The number of pyridine rings is 1. The number of hydrogen-bond acceptors (Lipinski definition) is 4. The quantitative estimate of drug-likeness (QED) is 0.551. The molecule has 0 saturated heterocycles. The number of aromatic nitrogens is 1. The molecule has 0 saturated carbocycles. The van der Waals surface area contributed by atoms with Gasteiger partial charge in [-0.3, -0.25) is 14.7 Å². The molecule has 1 aliphatic heterocycles. The van der Waals surface area contributed by atoms with Crippen LogP contribution >= 0.6 is 0 Å². The van der Waals surface area contributed by atoms with Gasteiger partial charge in [0.1, 0.15) is 0 Å². The molecule has 2 heterocycles. The smallest absolute Gasteiger partial charge is 0.260 e. The Morgan fingerprint density at radius 3 is 2.50 bits per heavy atom. The number of aliphatic imine (C=N–C) groups is 1. The van der Waals surface area contributed by atoms with Crippen molar-refractivity contribution in [2.45, 2.75) is 13.0 Å². The Morgan fingerprint density at radius 1 is 1.04 bits per heavy atom. The van der Waals surface area contributed by atoms with Crippen LogP contribution in [0.25, 0.3) is 0 Å². The van der Waals surface area contributed by atoms with Gasteiger partial charge in [0.05, 0.1) is 23.0 Å². The number of benzene rings is 2. The molecule has 4 rings (SSSR count). The first-order chi connectivity index (χ1) is 13.7. The molecule has 6 nitrogen and oxygen atoms in total. The van der Waals surface area contributed by atoms with Gasteiger partial charge in [-0.25, -0.2) is 4.99 Å². The van der Waals surface area contributed by atoms with Crippen LogP contribution in [-0.4, -0.2) is 33.7 Å². The fraction of sp³-hybridized carbons (Fsp3) is 0.0909. The van der Waals surface area contributed by atoms with E-state index in [0.29, 0.717) is 17.0 Å². The molecular formula is C22H18N4O2. The number of carbonyl (C=O) groups is 1. The first-order valence-electron chi connectivity index (χ1n) is 8.89. The first-order valence-corrected chi connectivity index (χ1v) is 8.89. The molecule has 138 valence electrons. The van der Waals surface area contributed by atoms with Crippen LogP contribution < -0.4 is 4.90 Å². The number of nitrogens with zero attached hydrogens (tertiary/aromatic N) is 4. The predicted octanol–water partition coefficient (Wildman–Crippen LogP) is 3.76. The maximum absolute atomic E-state index is 13.3. The average Bonchev–Trinajstić information content (AvgIpc) is 2.88. The summed E-state index contributed by atoms with van der Waals surface area (Å²) in [7, 11) is 0. The molecule has 0 fully saturated rings. The van der Waals surface area contributed by atoms with E-state index in [1.807, 2.05) is 54.6 Å². The number of para-hydroxylation sites is 1. The Hall–Kier alpha value is -3.80. The maximum Gasteiger partial charge on any atom is 0.260 e. The monoisotopic (exact) mass is 370 g/mol. The summed E-state index contributed by atoms with van der Waals surface area (Å²) in [5.74, 6) is -0.0778. The number of amidine groups is 1. The van der Waals surface area contributed by atoms with Crippen molar-refractivity contribution in [3.8, 4) is 0 Å². The van der Waals surface area contributed by atoms with Crippen molar-refractivity contribution < 1.29 is 10.0 Å². The van der Waals surface area contributed by atoms with Crippen LogP contribution in [0, 0.1) is 0 Å². The van der Waals surface area contributed by atoms with E-state index in [2.05, 4.69) is 15.1 Å². The zero-order valence-corrected chi connectivity index (χ0v) is 15.2. The Kier molecular flexibility index (Phi) is 4.68. The lowest BCUT2D eigenvalue weighted by atomic mass is 10.00. The largest absolute Gasteiger partial charge is 0.409 e. The third kappa shape index (κ3) is 3.05. The van der Waals surface area contributed by atoms with E-state index in [4.69, 9.17) is 0 Å². The lowest BCUT2D eigenvalue weighted by Crippen LogP contribution is -2.42. The minimum atomic E-state index is -0.569. The summed E-state index contributed by atoms with van der Waals surface area (Å²) in [6.07, 6.45) is 3.14. The summed E-state index contributed by atoms with van der Waals surface area (Å²) in [6, 6.07) is 20.1. The third-order valence-electron chi connectivity index (χ3n) is 4.68. The van der Waals surface area contributed by atoms with E-state index in [-0.39, 0.29) is 11.7 Å². The lowest BCUT2D eigenvalue weighted by Gasteiger charge is -2.28. The summed E-state index contributed by atoms with van der Waals surface area (Å²) >= 11 is 0. The van der Waals surface area contributed by atoms with Crippen molar-refractivity contribution in [1.29, 1.82) is 0 Å². The van der Waals surface area contributed by atoms with Crippen LogP contribution in [0.3, 0.4) is 0 Å². The van der Waals surface area contributed by atoms with E-state index >= 15 is 0 Å². The van der Waals surface area contributed by atoms with Gasteiger partial charge in [-0.2, -0.15) is 0 Å². The molecule has 0 aliphatic carbocycles. The summed E-state index contributed by atoms with van der Waals surface area (Å²) < 4.78 is 0. The molecular weight excluding hydrogens is 352 g/mol. The SMILES string of the molecule is CC1C(=NO)N=C(c2ccccc2)c2ccccc2N1C(=O)c1cccnc1. The zero-order chi connectivity index (χ0) is 19.5. The summed E-state index contributed by atoms with van der Waals surface area (Å²) in [5.41, 5.74) is 3.46. The summed E-state index contributed by atoms with van der Waals surface area (Å²) in [5, 5.41) is 13.0. The number of benzodiazepines with no additional fused rings is 1. The second-order valence-corrected chi connectivity index (χ2v) is 6.39. The maximum atomic E-state index is 13.3.